The van der Waals surface area contributed by atoms with E-state index in [0.29, 0.717) is 35.6 Å². The Labute approximate surface area is 153 Å². The molecule has 0 aliphatic rings. The smallest absolute Gasteiger partial charge is 0.258 e. The first kappa shape index (κ1) is 16.5. The van der Waals surface area contributed by atoms with Gasteiger partial charge < -0.3 is 4.98 Å². The number of hydrogen-bond donors (Lipinski definition) is 1. The summed E-state index contributed by atoms with van der Waals surface area (Å²) in [4.78, 5) is 34.6. The molecule has 0 aliphatic carbocycles. The molecule has 4 rings (SSSR count). The van der Waals surface area contributed by atoms with Crippen LogP contribution in [-0.4, -0.2) is 36.9 Å². The Balaban J connectivity index is 1.48. The van der Waals surface area contributed by atoms with Crippen LogP contribution in [0.25, 0.3) is 21.7 Å². The monoisotopic (exact) mass is 364 g/mol. The van der Waals surface area contributed by atoms with Crippen molar-refractivity contribution < 1.29 is 0 Å². The molecular weight excluding hydrogens is 348 g/mol. The number of fused-ring (bicyclic) bond motifs is 1. The molecule has 0 bridgehead atoms. The van der Waals surface area contributed by atoms with Gasteiger partial charge in [-0.05, 0) is 25.2 Å². The molecule has 4 aromatic rings. The van der Waals surface area contributed by atoms with Crippen molar-refractivity contribution in [2.75, 3.05) is 7.05 Å². The van der Waals surface area contributed by atoms with Crippen LogP contribution in [0.4, 0.5) is 0 Å². The lowest BCUT2D eigenvalue weighted by Crippen LogP contribution is -2.22. The van der Waals surface area contributed by atoms with Gasteiger partial charge in [-0.3, -0.25) is 9.69 Å². The Bertz CT molecular complexity index is 1090. The maximum absolute atomic E-state index is 12.2. The molecule has 0 fully saturated rings. The fourth-order valence-electron chi connectivity index (χ4n) is 2.69. The van der Waals surface area contributed by atoms with E-state index < -0.39 is 0 Å². The number of H-pyrrole nitrogens is 1. The highest BCUT2D eigenvalue weighted by molar-refractivity contribution is 7.13. The molecule has 130 valence electrons. The van der Waals surface area contributed by atoms with Gasteiger partial charge in [0, 0.05) is 24.3 Å². The summed E-state index contributed by atoms with van der Waals surface area (Å²) < 4.78 is 0. The highest BCUT2D eigenvalue weighted by Crippen LogP contribution is 2.20. The van der Waals surface area contributed by atoms with E-state index >= 15 is 0 Å². The van der Waals surface area contributed by atoms with Gasteiger partial charge in [0.15, 0.2) is 10.8 Å². The molecule has 1 aromatic carbocycles. The van der Waals surface area contributed by atoms with E-state index in [1.165, 1.54) is 11.3 Å². The Morgan fingerprint density at radius 3 is 2.73 bits per heavy atom. The van der Waals surface area contributed by atoms with Gasteiger partial charge in [0.05, 0.1) is 23.1 Å². The normalized spacial score (nSPS) is 11.3. The van der Waals surface area contributed by atoms with E-state index in [2.05, 4.69) is 29.8 Å². The highest BCUT2D eigenvalue weighted by Gasteiger charge is 2.11. The van der Waals surface area contributed by atoms with Crippen molar-refractivity contribution in [2.24, 2.45) is 0 Å². The average molecular weight is 364 g/mol. The zero-order chi connectivity index (χ0) is 17.9. The maximum Gasteiger partial charge on any atom is 0.258 e. The SMILES string of the molecule is CN(Cc1csc(-c2ncccn2)n1)Cc1nc2ccccc2c(=O)[nH]1. The minimum Gasteiger partial charge on any atom is -0.309 e. The van der Waals surface area contributed by atoms with Crippen molar-refractivity contribution in [2.45, 2.75) is 13.1 Å². The van der Waals surface area contributed by atoms with Gasteiger partial charge in [-0.2, -0.15) is 0 Å². The molecule has 0 atom stereocenters. The van der Waals surface area contributed by atoms with E-state index in [4.69, 9.17) is 0 Å². The third-order valence-electron chi connectivity index (χ3n) is 3.82. The molecule has 26 heavy (non-hydrogen) atoms. The van der Waals surface area contributed by atoms with Crippen LogP contribution in [0.2, 0.25) is 0 Å². The number of thiazole rings is 1. The largest absolute Gasteiger partial charge is 0.309 e. The Morgan fingerprint density at radius 2 is 1.88 bits per heavy atom. The van der Waals surface area contributed by atoms with E-state index in [1.54, 1.807) is 24.5 Å². The van der Waals surface area contributed by atoms with Crippen LogP contribution in [0.1, 0.15) is 11.5 Å². The number of rotatable bonds is 5. The number of hydrogen-bond acceptors (Lipinski definition) is 7. The van der Waals surface area contributed by atoms with Crippen LogP contribution >= 0.6 is 11.3 Å². The van der Waals surface area contributed by atoms with E-state index in [0.717, 1.165) is 10.7 Å². The fraction of sp³-hybridized carbons (Fsp3) is 0.167. The lowest BCUT2D eigenvalue weighted by Gasteiger charge is -2.14. The molecular formula is C18H16N6OS. The number of nitrogens with zero attached hydrogens (tertiary/aromatic N) is 5. The van der Waals surface area contributed by atoms with Crippen molar-refractivity contribution in [1.29, 1.82) is 0 Å². The first-order valence-electron chi connectivity index (χ1n) is 8.07. The Morgan fingerprint density at radius 1 is 1.08 bits per heavy atom. The first-order valence-corrected chi connectivity index (χ1v) is 8.95. The second-order valence-corrected chi connectivity index (χ2v) is 6.78. The van der Waals surface area contributed by atoms with Gasteiger partial charge in [-0.15, -0.1) is 11.3 Å². The van der Waals surface area contributed by atoms with E-state index in [9.17, 15) is 4.79 Å². The maximum atomic E-state index is 12.2. The van der Waals surface area contributed by atoms with Crippen molar-refractivity contribution in [3.63, 3.8) is 0 Å². The minimum absolute atomic E-state index is 0.115. The quantitative estimate of drug-likeness (QED) is 0.585. The molecule has 0 saturated heterocycles. The number of para-hydroxylation sites is 1. The van der Waals surface area contributed by atoms with Gasteiger partial charge in [0.1, 0.15) is 5.82 Å². The summed E-state index contributed by atoms with van der Waals surface area (Å²) in [5.74, 6) is 1.27. The third-order valence-corrected chi connectivity index (χ3v) is 4.71. The summed E-state index contributed by atoms with van der Waals surface area (Å²) in [6.07, 6.45) is 3.41. The molecule has 0 radical (unpaired) electrons. The van der Waals surface area contributed by atoms with Gasteiger partial charge in [0.2, 0.25) is 0 Å². The molecule has 0 spiro atoms. The number of benzene rings is 1. The minimum atomic E-state index is -0.115. The Hall–Kier alpha value is -2.97. The predicted molar refractivity (Wildman–Crippen MR) is 101 cm³/mol. The third kappa shape index (κ3) is 3.51. The van der Waals surface area contributed by atoms with Gasteiger partial charge in [0.25, 0.3) is 5.56 Å². The topological polar surface area (TPSA) is 87.7 Å². The summed E-state index contributed by atoms with van der Waals surface area (Å²) in [5.41, 5.74) is 1.52. The lowest BCUT2D eigenvalue weighted by atomic mass is 10.2. The van der Waals surface area contributed by atoms with Crippen molar-refractivity contribution in [3.05, 3.63) is 70.0 Å². The lowest BCUT2D eigenvalue weighted by molar-refractivity contribution is 0.307. The first-order chi connectivity index (χ1) is 12.7. The molecule has 0 saturated carbocycles. The summed E-state index contributed by atoms with van der Waals surface area (Å²) in [7, 11) is 1.97. The summed E-state index contributed by atoms with van der Waals surface area (Å²) in [6.45, 7) is 1.16. The second-order valence-electron chi connectivity index (χ2n) is 5.92. The molecule has 3 heterocycles. The van der Waals surface area contributed by atoms with Crippen LogP contribution in [0, 0.1) is 0 Å². The molecule has 1 N–H and O–H groups in total. The predicted octanol–water partition coefficient (Wildman–Crippen LogP) is 2.47. The number of aromatic amines is 1. The van der Waals surface area contributed by atoms with Crippen LogP contribution in [0.15, 0.2) is 52.9 Å². The molecule has 7 nitrogen and oxygen atoms in total. The molecule has 0 unspecified atom stereocenters. The van der Waals surface area contributed by atoms with Gasteiger partial charge >= 0.3 is 0 Å². The molecule has 8 heteroatoms. The number of aromatic nitrogens is 5. The van der Waals surface area contributed by atoms with Crippen molar-refractivity contribution in [3.8, 4) is 10.8 Å². The number of nitrogens with one attached hydrogen (secondary N) is 1. The molecule has 0 amide bonds. The van der Waals surface area contributed by atoms with Crippen LogP contribution in [-0.2, 0) is 13.1 Å². The second kappa shape index (κ2) is 7.11. The summed E-state index contributed by atoms with van der Waals surface area (Å²) in [6, 6.07) is 9.12. The summed E-state index contributed by atoms with van der Waals surface area (Å²) in [5, 5.41) is 3.40. The van der Waals surface area contributed by atoms with Crippen LogP contribution in [0.5, 0.6) is 0 Å². The standard InChI is InChI=1S/C18H16N6OS/c1-24(9-12-11-26-18(21-12)16-19-7-4-8-20-16)10-15-22-14-6-3-2-5-13(14)17(25)23-15/h2-8,11H,9-10H2,1H3,(H,22,23,25). The van der Waals surface area contributed by atoms with Crippen molar-refractivity contribution >= 4 is 22.2 Å². The molecule has 3 aromatic heterocycles. The summed E-state index contributed by atoms with van der Waals surface area (Å²) >= 11 is 1.52. The highest BCUT2D eigenvalue weighted by atomic mass is 32.1. The average Bonchev–Trinajstić information content (AvgIpc) is 3.11. The fourth-order valence-corrected chi connectivity index (χ4v) is 3.45. The van der Waals surface area contributed by atoms with Gasteiger partial charge in [-0.1, -0.05) is 12.1 Å². The van der Waals surface area contributed by atoms with E-state index in [-0.39, 0.29) is 5.56 Å². The van der Waals surface area contributed by atoms with E-state index in [1.807, 2.05) is 30.6 Å². The Kier molecular flexibility index (Phi) is 4.51. The zero-order valence-corrected chi connectivity index (χ0v) is 14.9. The van der Waals surface area contributed by atoms with Crippen molar-refractivity contribution in [1.82, 2.24) is 29.8 Å². The molecule has 0 aliphatic heterocycles. The zero-order valence-electron chi connectivity index (χ0n) is 14.1. The van der Waals surface area contributed by atoms with Gasteiger partial charge in [-0.25, -0.2) is 19.9 Å². The van der Waals surface area contributed by atoms with Crippen LogP contribution < -0.4 is 5.56 Å². The van der Waals surface area contributed by atoms with Crippen LogP contribution in [0.3, 0.4) is 0 Å².